The van der Waals surface area contributed by atoms with E-state index in [1.165, 1.54) is 0 Å². The molecular formula is C12H25O4S2. The summed E-state index contributed by atoms with van der Waals surface area (Å²) in [5, 5.41) is -0.839. The van der Waals surface area contributed by atoms with E-state index in [4.69, 9.17) is 0 Å². The number of rotatable bonds is 10. The minimum Gasteiger partial charge on any atom is -0.229 e. The van der Waals surface area contributed by atoms with Crippen molar-refractivity contribution in [1.29, 1.82) is 0 Å². The summed E-state index contributed by atoms with van der Waals surface area (Å²) in [5.74, 6) is 1.15. The van der Waals surface area contributed by atoms with Crippen LogP contribution in [0.5, 0.6) is 0 Å². The van der Waals surface area contributed by atoms with E-state index in [0.29, 0.717) is 19.3 Å². The highest BCUT2D eigenvalue weighted by atomic mass is 32.2. The quantitative estimate of drug-likeness (QED) is 0.621. The zero-order valence-electron chi connectivity index (χ0n) is 11.6. The number of hydrogen-bond acceptors (Lipinski definition) is 4. The van der Waals surface area contributed by atoms with Crippen LogP contribution in [0.3, 0.4) is 0 Å². The van der Waals surface area contributed by atoms with Crippen molar-refractivity contribution in [3.63, 3.8) is 0 Å². The summed E-state index contributed by atoms with van der Waals surface area (Å²) in [7, 11) is -6.70. The van der Waals surface area contributed by atoms with Crippen molar-refractivity contribution in [2.75, 3.05) is 11.5 Å². The molecule has 0 saturated carbocycles. The van der Waals surface area contributed by atoms with Gasteiger partial charge in [-0.25, -0.2) is 16.8 Å². The van der Waals surface area contributed by atoms with Crippen LogP contribution in [0.2, 0.25) is 0 Å². The monoisotopic (exact) mass is 297 g/mol. The van der Waals surface area contributed by atoms with Crippen molar-refractivity contribution in [1.82, 2.24) is 0 Å². The lowest BCUT2D eigenvalue weighted by Crippen LogP contribution is -2.28. The van der Waals surface area contributed by atoms with Crippen LogP contribution in [0.15, 0.2) is 0 Å². The van der Waals surface area contributed by atoms with Crippen molar-refractivity contribution in [3.05, 3.63) is 5.75 Å². The zero-order valence-corrected chi connectivity index (χ0v) is 13.2. The van der Waals surface area contributed by atoms with Crippen LogP contribution in [0.25, 0.3) is 0 Å². The van der Waals surface area contributed by atoms with Gasteiger partial charge in [0, 0.05) is 0 Å². The van der Waals surface area contributed by atoms with E-state index in [1.54, 1.807) is 13.8 Å². The second-order valence-electron chi connectivity index (χ2n) is 4.55. The largest absolute Gasteiger partial charge is 0.229 e. The van der Waals surface area contributed by atoms with Crippen molar-refractivity contribution >= 4 is 19.7 Å². The highest BCUT2D eigenvalue weighted by Gasteiger charge is 2.29. The molecule has 0 aromatic heterocycles. The first-order chi connectivity index (χ1) is 8.29. The molecule has 0 aromatic carbocycles. The molecule has 0 aliphatic carbocycles. The predicted molar refractivity (Wildman–Crippen MR) is 75.8 cm³/mol. The molecule has 6 heteroatoms. The highest BCUT2D eigenvalue weighted by Crippen LogP contribution is 2.19. The van der Waals surface area contributed by atoms with E-state index < -0.39 is 24.9 Å². The van der Waals surface area contributed by atoms with Crippen molar-refractivity contribution in [2.45, 2.75) is 58.1 Å². The Morgan fingerprint density at radius 3 is 1.89 bits per heavy atom. The van der Waals surface area contributed by atoms with Crippen molar-refractivity contribution < 1.29 is 16.8 Å². The van der Waals surface area contributed by atoms with Gasteiger partial charge in [0.25, 0.3) is 0 Å². The molecule has 0 rings (SSSR count). The van der Waals surface area contributed by atoms with Crippen LogP contribution in [0.4, 0.5) is 0 Å². The third-order valence-corrected chi connectivity index (χ3v) is 6.80. The fourth-order valence-corrected chi connectivity index (χ4v) is 5.64. The molecule has 0 spiro atoms. The van der Waals surface area contributed by atoms with Crippen LogP contribution in [0.1, 0.15) is 52.9 Å². The molecule has 109 valence electrons. The third kappa shape index (κ3) is 6.73. The minimum atomic E-state index is -3.37. The Morgan fingerprint density at radius 2 is 1.44 bits per heavy atom. The molecule has 0 aliphatic heterocycles. The fraction of sp³-hybridized carbons (Fsp3) is 0.917. The first kappa shape index (κ1) is 17.9. The maximum atomic E-state index is 12.0. The Labute approximate surface area is 112 Å². The maximum absolute atomic E-state index is 12.0. The van der Waals surface area contributed by atoms with Gasteiger partial charge in [0.05, 0.1) is 22.5 Å². The summed E-state index contributed by atoms with van der Waals surface area (Å²) in [6.07, 6.45) is 3.02. The topological polar surface area (TPSA) is 68.3 Å². The van der Waals surface area contributed by atoms with E-state index in [9.17, 15) is 16.8 Å². The van der Waals surface area contributed by atoms with E-state index in [2.05, 4.69) is 0 Å². The lowest BCUT2D eigenvalue weighted by Gasteiger charge is -2.16. The molecule has 1 atom stereocenters. The Kier molecular flexibility index (Phi) is 8.10. The molecule has 4 nitrogen and oxygen atoms in total. The lowest BCUT2D eigenvalue weighted by molar-refractivity contribution is 0.569. The molecule has 18 heavy (non-hydrogen) atoms. The molecule has 0 bridgehead atoms. The molecule has 0 fully saturated rings. The van der Waals surface area contributed by atoms with E-state index in [1.807, 2.05) is 6.92 Å². The normalized spacial score (nSPS) is 14.6. The summed E-state index contributed by atoms with van der Waals surface area (Å²) in [6.45, 7) is 5.52. The Bertz CT molecular complexity index is 409. The summed E-state index contributed by atoms with van der Waals surface area (Å²) < 4.78 is 47.5. The van der Waals surface area contributed by atoms with Gasteiger partial charge in [-0.2, -0.15) is 0 Å². The molecule has 0 heterocycles. The van der Waals surface area contributed by atoms with Gasteiger partial charge >= 0.3 is 0 Å². The van der Waals surface area contributed by atoms with E-state index in [0.717, 1.165) is 18.6 Å². The number of hydrogen-bond donors (Lipinski definition) is 0. The zero-order chi connectivity index (χ0) is 14.2. The average molecular weight is 297 g/mol. The van der Waals surface area contributed by atoms with Crippen molar-refractivity contribution in [2.24, 2.45) is 0 Å². The molecule has 0 aromatic rings. The van der Waals surface area contributed by atoms with E-state index in [-0.39, 0.29) is 11.5 Å². The standard InChI is InChI=1S/C12H25O4S2/c1-4-7-8-12(18(15,16)10-6-3)11-17(13,14)9-5-2/h11-12H,4-10H2,1-3H3. The Hall–Kier alpha value is -0.100. The van der Waals surface area contributed by atoms with Crippen LogP contribution in [-0.4, -0.2) is 33.6 Å². The van der Waals surface area contributed by atoms with Gasteiger partial charge in [0.15, 0.2) is 19.7 Å². The SMILES string of the molecule is CCCCC([CH]S(=O)(=O)CCC)S(=O)(=O)CCC. The Morgan fingerprint density at radius 1 is 0.889 bits per heavy atom. The molecule has 1 radical (unpaired) electrons. The fourth-order valence-electron chi connectivity index (χ4n) is 1.76. The van der Waals surface area contributed by atoms with Crippen molar-refractivity contribution in [3.8, 4) is 0 Å². The average Bonchev–Trinajstić information content (AvgIpc) is 2.23. The molecule has 0 N–H and O–H groups in total. The second-order valence-corrected chi connectivity index (χ2v) is 8.90. The second kappa shape index (κ2) is 8.15. The van der Waals surface area contributed by atoms with Crippen LogP contribution < -0.4 is 0 Å². The van der Waals surface area contributed by atoms with Gasteiger partial charge in [-0.05, 0) is 19.3 Å². The maximum Gasteiger partial charge on any atom is 0.155 e. The van der Waals surface area contributed by atoms with Crippen LogP contribution in [0, 0.1) is 5.75 Å². The van der Waals surface area contributed by atoms with Crippen LogP contribution >= 0.6 is 0 Å². The third-order valence-electron chi connectivity index (χ3n) is 2.64. The van der Waals surface area contributed by atoms with Gasteiger partial charge < -0.3 is 0 Å². The minimum absolute atomic E-state index is 0.0251. The summed E-state index contributed by atoms with van der Waals surface area (Å²) in [6, 6.07) is 0. The molecular weight excluding hydrogens is 272 g/mol. The summed E-state index contributed by atoms with van der Waals surface area (Å²) in [4.78, 5) is 0. The number of sulfone groups is 2. The van der Waals surface area contributed by atoms with Crippen LogP contribution in [-0.2, 0) is 19.7 Å². The summed E-state index contributed by atoms with van der Waals surface area (Å²) in [5.41, 5.74) is 0. The Balaban J connectivity index is 4.90. The smallest absolute Gasteiger partial charge is 0.155 e. The van der Waals surface area contributed by atoms with Gasteiger partial charge in [-0.1, -0.05) is 33.6 Å². The van der Waals surface area contributed by atoms with Gasteiger partial charge in [-0.3, -0.25) is 0 Å². The van der Waals surface area contributed by atoms with Gasteiger partial charge in [0.2, 0.25) is 0 Å². The van der Waals surface area contributed by atoms with Gasteiger partial charge in [-0.15, -0.1) is 0 Å². The van der Waals surface area contributed by atoms with E-state index >= 15 is 0 Å². The highest BCUT2D eigenvalue weighted by molar-refractivity contribution is 7.97. The first-order valence-corrected chi connectivity index (χ1v) is 10.0. The lowest BCUT2D eigenvalue weighted by atomic mass is 10.2. The summed E-state index contributed by atoms with van der Waals surface area (Å²) >= 11 is 0. The molecule has 0 aliphatic rings. The number of unbranched alkanes of at least 4 members (excludes halogenated alkanes) is 1. The van der Waals surface area contributed by atoms with Gasteiger partial charge in [0.1, 0.15) is 0 Å². The molecule has 0 saturated heterocycles. The molecule has 0 amide bonds. The first-order valence-electron chi connectivity index (χ1n) is 6.58. The predicted octanol–water partition coefficient (Wildman–Crippen LogP) is 2.36. The molecule has 1 unspecified atom stereocenters.